The minimum atomic E-state index is -0.141. The average molecular weight is 744 g/mol. The molecule has 0 bridgehead atoms. The number of benzene rings is 8. The quantitative estimate of drug-likeness (QED) is 0.170. The molecule has 4 nitrogen and oxygen atoms in total. The second-order valence-electron chi connectivity index (χ2n) is 15.6. The zero-order valence-electron chi connectivity index (χ0n) is 32.1. The average Bonchev–Trinajstić information content (AvgIpc) is 3.78. The molecule has 0 saturated heterocycles. The highest BCUT2D eigenvalue weighted by Gasteiger charge is 2.36. The van der Waals surface area contributed by atoms with Crippen molar-refractivity contribution in [1.82, 2.24) is 15.0 Å². The summed E-state index contributed by atoms with van der Waals surface area (Å²) >= 11 is 0. The third-order valence-electron chi connectivity index (χ3n) is 11.7. The second-order valence-corrected chi connectivity index (χ2v) is 15.6. The lowest BCUT2D eigenvalue weighted by molar-refractivity contribution is 0.660. The molecule has 0 saturated carbocycles. The molecule has 11 rings (SSSR count). The van der Waals surface area contributed by atoms with E-state index in [1.165, 1.54) is 33.4 Å². The maximum atomic E-state index is 6.98. The van der Waals surface area contributed by atoms with Crippen molar-refractivity contribution < 1.29 is 4.42 Å². The Morgan fingerprint density at radius 2 is 0.810 bits per heavy atom. The Bertz CT molecular complexity index is 3130. The summed E-state index contributed by atoms with van der Waals surface area (Å²) in [5, 5.41) is 2.18. The molecule has 58 heavy (non-hydrogen) atoms. The molecule has 0 atom stereocenters. The van der Waals surface area contributed by atoms with Gasteiger partial charge in [-0.25, -0.2) is 15.0 Å². The molecule has 1 aliphatic rings. The number of nitrogens with zero attached hydrogens (tertiary/aromatic N) is 3. The van der Waals surface area contributed by atoms with E-state index in [1.807, 2.05) is 60.7 Å². The Morgan fingerprint density at radius 3 is 1.41 bits per heavy atom. The normalized spacial score (nSPS) is 12.8. The molecule has 0 spiro atoms. The predicted octanol–water partition coefficient (Wildman–Crippen LogP) is 14.1. The number of hydrogen-bond acceptors (Lipinski definition) is 4. The van der Waals surface area contributed by atoms with E-state index in [0.29, 0.717) is 17.5 Å². The van der Waals surface area contributed by atoms with Gasteiger partial charge in [-0.3, -0.25) is 0 Å². The SMILES string of the molecule is CC1(C)c2ccc(-c3ccccc3)cc2-c2ccc(-c3cccc4c3oc3c(-c5cccc(-c6nc(-c7ccccc7)nc(-c7ccccc7)n6)c5)cccc34)cc21. The third kappa shape index (κ3) is 5.56. The Hall–Kier alpha value is -7.43. The predicted molar refractivity (Wildman–Crippen MR) is 237 cm³/mol. The van der Waals surface area contributed by atoms with Crippen molar-refractivity contribution in [2.24, 2.45) is 0 Å². The summed E-state index contributed by atoms with van der Waals surface area (Å²) in [4.78, 5) is 14.9. The van der Waals surface area contributed by atoms with Crippen LogP contribution in [0.2, 0.25) is 0 Å². The molecule has 0 aliphatic heterocycles. The fraction of sp³-hybridized carbons (Fsp3) is 0.0556. The van der Waals surface area contributed by atoms with Gasteiger partial charge >= 0.3 is 0 Å². The lowest BCUT2D eigenvalue weighted by Gasteiger charge is -2.22. The highest BCUT2D eigenvalue weighted by Crippen LogP contribution is 2.51. The minimum Gasteiger partial charge on any atom is -0.455 e. The van der Waals surface area contributed by atoms with Crippen LogP contribution in [0, 0.1) is 0 Å². The van der Waals surface area contributed by atoms with Crippen LogP contribution in [0.3, 0.4) is 0 Å². The van der Waals surface area contributed by atoms with Crippen LogP contribution in [0.4, 0.5) is 0 Å². The molecule has 1 aliphatic carbocycles. The van der Waals surface area contributed by atoms with Crippen molar-refractivity contribution in [3.63, 3.8) is 0 Å². The summed E-state index contributed by atoms with van der Waals surface area (Å²) in [6.45, 7) is 4.68. The first-order chi connectivity index (χ1) is 28.5. The summed E-state index contributed by atoms with van der Waals surface area (Å²) in [6, 6.07) is 66.0. The number of hydrogen-bond donors (Lipinski definition) is 0. The molecule has 8 aromatic carbocycles. The first-order valence-corrected chi connectivity index (χ1v) is 19.8. The molecule has 0 unspecified atom stereocenters. The second kappa shape index (κ2) is 13.4. The van der Waals surface area contributed by atoms with Crippen LogP contribution in [0.25, 0.3) is 101 Å². The van der Waals surface area contributed by atoms with Crippen molar-refractivity contribution in [1.29, 1.82) is 0 Å². The van der Waals surface area contributed by atoms with Crippen molar-refractivity contribution in [3.8, 4) is 78.7 Å². The van der Waals surface area contributed by atoms with Crippen LogP contribution in [0.5, 0.6) is 0 Å². The van der Waals surface area contributed by atoms with E-state index in [0.717, 1.165) is 60.9 Å². The van der Waals surface area contributed by atoms with Crippen molar-refractivity contribution in [2.45, 2.75) is 19.3 Å². The number of aromatic nitrogens is 3. The third-order valence-corrected chi connectivity index (χ3v) is 11.7. The van der Waals surface area contributed by atoms with E-state index in [9.17, 15) is 0 Å². The van der Waals surface area contributed by atoms with Crippen LogP contribution >= 0.6 is 0 Å². The van der Waals surface area contributed by atoms with Crippen LogP contribution in [-0.2, 0) is 5.41 Å². The number of rotatable bonds is 6. The first kappa shape index (κ1) is 33.9. The molecule has 0 fully saturated rings. The zero-order valence-corrected chi connectivity index (χ0v) is 32.1. The summed E-state index contributed by atoms with van der Waals surface area (Å²) in [7, 11) is 0. The molecule has 10 aromatic rings. The maximum Gasteiger partial charge on any atom is 0.164 e. The van der Waals surface area contributed by atoms with Gasteiger partial charge in [0.2, 0.25) is 0 Å². The molecular weight excluding hydrogens is 707 g/mol. The van der Waals surface area contributed by atoms with E-state index >= 15 is 0 Å². The van der Waals surface area contributed by atoms with E-state index in [4.69, 9.17) is 19.4 Å². The van der Waals surface area contributed by atoms with Gasteiger partial charge in [0.05, 0.1) is 0 Å². The van der Waals surface area contributed by atoms with Gasteiger partial charge < -0.3 is 4.42 Å². The first-order valence-electron chi connectivity index (χ1n) is 19.8. The highest BCUT2D eigenvalue weighted by atomic mass is 16.3. The van der Waals surface area contributed by atoms with Gasteiger partial charge in [0.25, 0.3) is 0 Å². The number of fused-ring (bicyclic) bond motifs is 6. The molecule has 0 amide bonds. The van der Waals surface area contributed by atoms with Crippen molar-refractivity contribution >= 4 is 21.9 Å². The zero-order chi connectivity index (χ0) is 38.8. The van der Waals surface area contributed by atoms with Gasteiger partial charge in [0.15, 0.2) is 17.5 Å². The van der Waals surface area contributed by atoms with Gasteiger partial charge in [0.1, 0.15) is 11.2 Å². The van der Waals surface area contributed by atoms with E-state index in [-0.39, 0.29) is 5.41 Å². The summed E-state index contributed by atoms with van der Waals surface area (Å²) in [5.74, 6) is 1.89. The molecule has 2 heterocycles. The molecule has 274 valence electrons. The minimum absolute atomic E-state index is 0.141. The van der Waals surface area contributed by atoms with E-state index in [2.05, 4.69) is 141 Å². The van der Waals surface area contributed by atoms with Crippen LogP contribution in [0.15, 0.2) is 192 Å². The summed E-state index contributed by atoms with van der Waals surface area (Å²) in [5.41, 5.74) is 16.4. The Kier molecular flexibility index (Phi) is 7.80. The van der Waals surface area contributed by atoms with Gasteiger partial charge in [0, 0.05) is 44.0 Å². The van der Waals surface area contributed by atoms with Gasteiger partial charge in [-0.2, -0.15) is 0 Å². The van der Waals surface area contributed by atoms with Crippen LogP contribution in [-0.4, -0.2) is 15.0 Å². The Morgan fingerprint density at radius 1 is 0.328 bits per heavy atom. The Balaban J connectivity index is 1.01. The topological polar surface area (TPSA) is 51.8 Å². The van der Waals surface area contributed by atoms with Crippen molar-refractivity contribution in [3.05, 3.63) is 199 Å². The number of furan rings is 1. The van der Waals surface area contributed by atoms with Gasteiger partial charge in [-0.15, -0.1) is 0 Å². The highest BCUT2D eigenvalue weighted by molar-refractivity contribution is 6.13. The van der Waals surface area contributed by atoms with Gasteiger partial charge in [-0.05, 0) is 62.7 Å². The van der Waals surface area contributed by atoms with E-state index in [1.54, 1.807) is 0 Å². The molecular formula is C54H37N3O. The van der Waals surface area contributed by atoms with Crippen LogP contribution in [0.1, 0.15) is 25.0 Å². The van der Waals surface area contributed by atoms with Gasteiger partial charge in [-0.1, -0.05) is 184 Å². The summed E-state index contributed by atoms with van der Waals surface area (Å²) in [6.07, 6.45) is 0. The fourth-order valence-electron chi connectivity index (χ4n) is 8.77. The monoisotopic (exact) mass is 743 g/mol. The maximum absolute atomic E-state index is 6.98. The standard InChI is InChI=1S/C54H37N3O/c1-54(2)47-30-28-37(34-15-6-3-7-16-34)32-46(47)43-29-27-39(33-48(43)54)42-24-14-26-45-44-25-13-23-41(49(44)58-50(42)45)38-21-12-22-40(31-38)53-56-51(35-17-8-4-9-18-35)55-52(57-53)36-19-10-5-11-20-36/h3-33H,1-2H3. The molecule has 2 aromatic heterocycles. The summed E-state index contributed by atoms with van der Waals surface area (Å²) < 4.78 is 6.98. The van der Waals surface area contributed by atoms with E-state index < -0.39 is 0 Å². The number of para-hydroxylation sites is 2. The molecule has 0 radical (unpaired) electrons. The molecule has 0 N–H and O–H groups in total. The lowest BCUT2D eigenvalue weighted by atomic mass is 9.81. The van der Waals surface area contributed by atoms with Crippen LogP contribution < -0.4 is 0 Å². The molecule has 4 heteroatoms. The lowest BCUT2D eigenvalue weighted by Crippen LogP contribution is -2.15. The largest absolute Gasteiger partial charge is 0.455 e. The smallest absolute Gasteiger partial charge is 0.164 e. The fourth-order valence-corrected chi connectivity index (χ4v) is 8.77. The van der Waals surface area contributed by atoms with Crippen molar-refractivity contribution in [2.75, 3.05) is 0 Å². The Labute approximate surface area is 337 Å².